The number of rotatable bonds is 7. The van der Waals surface area contributed by atoms with Gasteiger partial charge in [0.1, 0.15) is 5.60 Å². The molecule has 168 valence electrons. The molecule has 0 saturated carbocycles. The predicted molar refractivity (Wildman–Crippen MR) is 124 cm³/mol. The fraction of sp³-hybridized carbons (Fsp3) is 0.320. The molecule has 1 aromatic heterocycles. The van der Waals surface area contributed by atoms with Gasteiger partial charge in [-0.2, -0.15) is 5.10 Å². The van der Waals surface area contributed by atoms with Crippen LogP contribution in [0.5, 0.6) is 0 Å². The van der Waals surface area contributed by atoms with E-state index in [9.17, 15) is 9.59 Å². The number of likely N-dealkylation sites (N-methyl/N-ethyl adjacent to an activating group) is 1. The van der Waals surface area contributed by atoms with Crippen LogP contribution >= 0.6 is 0 Å². The normalized spacial score (nSPS) is 11.1. The highest BCUT2D eigenvalue weighted by atomic mass is 16.6. The average Bonchev–Trinajstić information content (AvgIpc) is 3.15. The van der Waals surface area contributed by atoms with Crippen molar-refractivity contribution in [2.24, 2.45) is 0 Å². The van der Waals surface area contributed by atoms with Gasteiger partial charge in [-0.3, -0.25) is 14.8 Å². The molecule has 0 radical (unpaired) electrons. The minimum Gasteiger partial charge on any atom is -0.444 e. The molecule has 3 aromatic rings. The first-order valence-corrected chi connectivity index (χ1v) is 10.6. The molecule has 1 heterocycles. The second-order valence-corrected chi connectivity index (χ2v) is 8.78. The van der Waals surface area contributed by atoms with Gasteiger partial charge in [0.2, 0.25) is 5.91 Å². The molecule has 2 aromatic carbocycles. The third-order valence-electron chi connectivity index (χ3n) is 4.67. The lowest BCUT2D eigenvalue weighted by molar-refractivity contribution is -0.129. The van der Waals surface area contributed by atoms with E-state index in [4.69, 9.17) is 4.74 Å². The highest BCUT2D eigenvalue weighted by molar-refractivity contribution is 5.85. The van der Waals surface area contributed by atoms with Gasteiger partial charge < -0.3 is 9.64 Å². The number of carbonyl (C=O) groups is 2. The van der Waals surface area contributed by atoms with Crippen molar-refractivity contribution in [3.8, 4) is 0 Å². The molecule has 0 aliphatic rings. The van der Waals surface area contributed by atoms with Gasteiger partial charge in [-0.05, 0) is 44.0 Å². The summed E-state index contributed by atoms with van der Waals surface area (Å²) < 4.78 is 7.12. The maximum atomic E-state index is 12.6. The summed E-state index contributed by atoms with van der Waals surface area (Å²) in [5.74, 6) is 0.00802. The summed E-state index contributed by atoms with van der Waals surface area (Å²) >= 11 is 0. The largest absolute Gasteiger partial charge is 0.444 e. The van der Waals surface area contributed by atoms with Crippen molar-refractivity contribution in [2.45, 2.75) is 45.9 Å². The monoisotopic (exact) mass is 434 g/mol. The van der Waals surface area contributed by atoms with Crippen LogP contribution in [0.2, 0.25) is 0 Å². The zero-order chi connectivity index (χ0) is 23.1. The lowest BCUT2D eigenvalue weighted by Gasteiger charge is -2.19. The summed E-state index contributed by atoms with van der Waals surface area (Å²) in [5.41, 5.74) is 3.09. The van der Waals surface area contributed by atoms with Gasteiger partial charge >= 0.3 is 6.09 Å². The number of aromatic nitrogens is 2. The summed E-state index contributed by atoms with van der Waals surface area (Å²) in [6, 6.07) is 17.3. The van der Waals surface area contributed by atoms with Crippen LogP contribution in [0.15, 0.2) is 67.0 Å². The molecule has 7 nitrogen and oxygen atoms in total. The van der Waals surface area contributed by atoms with Gasteiger partial charge in [0.15, 0.2) is 0 Å². The van der Waals surface area contributed by atoms with Crippen molar-refractivity contribution in [3.05, 3.63) is 83.7 Å². The Morgan fingerprint density at radius 2 is 1.69 bits per heavy atom. The SMILES string of the molecule is CN(Cc1cnn(Cc2ccccc2)c1)C(=O)Cc1ccc(NC(=O)OC(C)(C)C)cc1. The molecule has 0 aliphatic heterocycles. The van der Waals surface area contributed by atoms with E-state index in [-0.39, 0.29) is 12.3 Å². The average molecular weight is 435 g/mol. The van der Waals surface area contributed by atoms with Crippen molar-refractivity contribution in [2.75, 3.05) is 12.4 Å². The molecule has 0 aliphatic carbocycles. The molecule has 0 bridgehead atoms. The Morgan fingerprint density at radius 3 is 2.34 bits per heavy atom. The summed E-state index contributed by atoms with van der Waals surface area (Å²) in [6.07, 6.45) is 3.54. The van der Waals surface area contributed by atoms with E-state index in [0.717, 1.165) is 11.1 Å². The summed E-state index contributed by atoms with van der Waals surface area (Å²) in [5, 5.41) is 7.09. The minimum atomic E-state index is -0.556. The zero-order valence-electron chi connectivity index (χ0n) is 19.0. The Bertz CT molecular complexity index is 1040. The maximum Gasteiger partial charge on any atom is 0.412 e. The van der Waals surface area contributed by atoms with E-state index < -0.39 is 11.7 Å². The van der Waals surface area contributed by atoms with Crippen LogP contribution < -0.4 is 5.32 Å². The van der Waals surface area contributed by atoms with Crippen molar-refractivity contribution in [3.63, 3.8) is 0 Å². The minimum absolute atomic E-state index is 0.00802. The molecule has 0 saturated heterocycles. The molecule has 3 rings (SSSR count). The molecule has 0 fully saturated rings. The number of anilines is 1. The Morgan fingerprint density at radius 1 is 1.00 bits per heavy atom. The molecule has 7 heteroatoms. The standard InChI is InChI=1S/C25H30N4O3/c1-25(2,3)32-24(31)27-22-12-10-19(11-13-22)14-23(30)28(4)16-21-15-26-29(18-21)17-20-8-6-5-7-9-20/h5-13,15,18H,14,16-17H2,1-4H3,(H,27,31). The Balaban J connectivity index is 1.49. The van der Waals surface area contributed by atoms with E-state index >= 15 is 0 Å². The topological polar surface area (TPSA) is 76.5 Å². The maximum absolute atomic E-state index is 12.6. The van der Waals surface area contributed by atoms with Crippen molar-refractivity contribution in [1.29, 1.82) is 0 Å². The van der Waals surface area contributed by atoms with E-state index in [1.54, 1.807) is 30.3 Å². The first-order valence-electron chi connectivity index (χ1n) is 10.6. The number of benzene rings is 2. The zero-order valence-corrected chi connectivity index (χ0v) is 19.0. The fourth-order valence-electron chi connectivity index (χ4n) is 3.14. The van der Waals surface area contributed by atoms with E-state index in [2.05, 4.69) is 22.5 Å². The van der Waals surface area contributed by atoms with Crippen LogP contribution in [0.4, 0.5) is 10.5 Å². The molecule has 0 unspecified atom stereocenters. The van der Waals surface area contributed by atoms with Gasteiger partial charge in [0, 0.05) is 31.0 Å². The lowest BCUT2D eigenvalue weighted by Crippen LogP contribution is -2.27. The molecule has 0 spiro atoms. The van der Waals surface area contributed by atoms with Gasteiger partial charge in [-0.25, -0.2) is 4.79 Å². The van der Waals surface area contributed by atoms with Gasteiger partial charge in [0.25, 0.3) is 0 Å². The van der Waals surface area contributed by atoms with Crippen LogP contribution in [-0.4, -0.2) is 39.3 Å². The first-order chi connectivity index (χ1) is 15.2. The Labute approximate surface area is 189 Å². The van der Waals surface area contributed by atoms with Crippen molar-refractivity contribution in [1.82, 2.24) is 14.7 Å². The first kappa shape index (κ1) is 23.1. The van der Waals surface area contributed by atoms with Gasteiger partial charge in [-0.1, -0.05) is 42.5 Å². The molecular weight excluding hydrogens is 404 g/mol. The smallest absolute Gasteiger partial charge is 0.412 e. The predicted octanol–water partition coefficient (Wildman–Crippen LogP) is 4.48. The van der Waals surface area contributed by atoms with Crippen molar-refractivity contribution >= 4 is 17.7 Å². The number of nitrogens with one attached hydrogen (secondary N) is 1. The molecular formula is C25H30N4O3. The van der Waals surface area contributed by atoms with Crippen LogP contribution in [-0.2, 0) is 29.0 Å². The summed E-state index contributed by atoms with van der Waals surface area (Å²) in [7, 11) is 1.79. The van der Waals surface area contributed by atoms with E-state index in [0.29, 0.717) is 18.8 Å². The van der Waals surface area contributed by atoms with Crippen LogP contribution in [0, 0.1) is 0 Å². The lowest BCUT2D eigenvalue weighted by atomic mass is 10.1. The third kappa shape index (κ3) is 7.27. The number of hydrogen-bond acceptors (Lipinski definition) is 4. The van der Waals surface area contributed by atoms with Crippen LogP contribution in [0.25, 0.3) is 0 Å². The summed E-state index contributed by atoms with van der Waals surface area (Å²) in [4.78, 5) is 26.2. The van der Waals surface area contributed by atoms with Crippen LogP contribution in [0.1, 0.15) is 37.5 Å². The second-order valence-electron chi connectivity index (χ2n) is 8.78. The summed E-state index contributed by atoms with van der Waals surface area (Å²) in [6.45, 7) is 6.62. The number of amides is 2. The highest BCUT2D eigenvalue weighted by Gasteiger charge is 2.16. The van der Waals surface area contributed by atoms with Gasteiger partial charge in [0.05, 0.1) is 19.2 Å². The highest BCUT2D eigenvalue weighted by Crippen LogP contribution is 2.14. The molecule has 32 heavy (non-hydrogen) atoms. The second kappa shape index (κ2) is 10.1. The van der Waals surface area contributed by atoms with E-state index in [1.165, 1.54) is 5.56 Å². The number of ether oxygens (including phenoxy) is 1. The van der Waals surface area contributed by atoms with Crippen molar-refractivity contribution < 1.29 is 14.3 Å². The van der Waals surface area contributed by atoms with E-state index in [1.807, 2.05) is 62.0 Å². The van der Waals surface area contributed by atoms with Gasteiger partial charge in [-0.15, -0.1) is 0 Å². The Kier molecular flexibility index (Phi) is 7.30. The number of carbonyl (C=O) groups excluding carboxylic acids is 2. The molecule has 2 amide bonds. The molecule has 1 N–H and O–H groups in total. The quantitative estimate of drug-likeness (QED) is 0.595. The number of nitrogens with zero attached hydrogens (tertiary/aromatic N) is 3. The third-order valence-corrected chi connectivity index (χ3v) is 4.67. The number of hydrogen-bond donors (Lipinski definition) is 1. The molecule has 0 atom stereocenters. The fourth-order valence-corrected chi connectivity index (χ4v) is 3.14. The van der Waals surface area contributed by atoms with Crippen LogP contribution in [0.3, 0.4) is 0 Å². The Hall–Kier alpha value is -3.61.